The van der Waals surface area contributed by atoms with Crippen LogP contribution < -0.4 is 16.0 Å². The minimum atomic E-state index is -0.501. The number of carbonyl (C=O) groups is 2. The molecule has 1 aromatic carbocycles. The quantitative estimate of drug-likeness (QED) is 0.728. The molecule has 0 aliphatic carbocycles. The number of benzene rings is 1. The van der Waals surface area contributed by atoms with Crippen molar-refractivity contribution >= 4 is 28.4 Å². The van der Waals surface area contributed by atoms with Crippen LogP contribution in [0, 0.1) is 5.41 Å². The van der Waals surface area contributed by atoms with E-state index in [9.17, 15) is 9.59 Å². The number of aromatic nitrogens is 1. The molecule has 1 saturated heterocycles. The molecule has 7 heteroatoms. The zero-order chi connectivity index (χ0) is 18.6. The molecule has 0 bridgehead atoms. The minimum absolute atomic E-state index is 0.00962. The van der Waals surface area contributed by atoms with Crippen LogP contribution >= 0.6 is 0 Å². The van der Waals surface area contributed by atoms with Gasteiger partial charge in [-0.2, -0.15) is 0 Å². The zero-order valence-electron chi connectivity index (χ0n) is 15.3. The van der Waals surface area contributed by atoms with Crippen molar-refractivity contribution in [2.24, 2.45) is 5.41 Å². The fourth-order valence-corrected chi connectivity index (χ4v) is 3.52. The van der Waals surface area contributed by atoms with E-state index in [0.717, 1.165) is 42.5 Å². The fraction of sp³-hybridized carbons (Fsp3) is 0.474. The van der Waals surface area contributed by atoms with E-state index >= 15 is 0 Å². The second kappa shape index (κ2) is 7.88. The van der Waals surface area contributed by atoms with Gasteiger partial charge in [0.05, 0.1) is 17.5 Å². The molecule has 26 heavy (non-hydrogen) atoms. The first-order valence-electron chi connectivity index (χ1n) is 8.88. The Hall–Kier alpha value is -2.38. The summed E-state index contributed by atoms with van der Waals surface area (Å²) in [5, 5.41) is 10.0. The third-order valence-electron chi connectivity index (χ3n) is 5.09. The molecule has 3 rings (SSSR count). The first-order chi connectivity index (χ1) is 12.6. The maximum absolute atomic E-state index is 13.0. The predicted molar refractivity (Wildman–Crippen MR) is 101 cm³/mol. The number of nitrogens with zero attached hydrogens (tertiary/aromatic N) is 1. The van der Waals surface area contributed by atoms with Gasteiger partial charge >= 0.3 is 0 Å². The molecule has 2 aromatic rings. The summed E-state index contributed by atoms with van der Waals surface area (Å²) < 4.78 is 7.21. The Balaban J connectivity index is 1.82. The van der Waals surface area contributed by atoms with Gasteiger partial charge in [0.25, 0.3) is 0 Å². The highest BCUT2D eigenvalue weighted by Gasteiger charge is 2.39. The molecule has 3 N–H and O–H groups in total. The van der Waals surface area contributed by atoms with E-state index in [-0.39, 0.29) is 18.4 Å². The molecule has 0 saturated carbocycles. The van der Waals surface area contributed by atoms with Crippen molar-refractivity contribution in [1.82, 2.24) is 15.2 Å². The van der Waals surface area contributed by atoms with E-state index in [1.54, 1.807) is 14.2 Å². The SMILES string of the molecule is CNC(=O)Cn1ccc2ccc(NC(=O)C3(COC)CCNCC3)cc21. The van der Waals surface area contributed by atoms with Gasteiger partial charge in [-0.1, -0.05) is 6.07 Å². The second-order valence-corrected chi connectivity index (χ2v) is 6.81. The summed E-state index contributed by atoms with van der Waals surface area (Å²) >= 11 is 0. The third kappa shape index (κ3) is 3.73. The highest BCUT2D eigenvalue weighted by Crippen LogP contribution is 2.31. The highest BCUT2D eigenvalue weighted by atomic mass is 16.5. The van der Waals surface area contributed by atoms with Crippen LogP contribution in [0.5, 0.6) is 0 Å². The summed E-state index contributed by atoms with van der Waals surface area (Å²) in [6.45, 7) is 2.28. The molecule has 2 amide bonds. The Bertz CT molecular complexity index is 788. The number of hydrogen-bond acceptors (Lipinski definition) is 4. The average Bonchev–Trinajstić information content (AvgIpc) is 3.04. The molecule has 140 valence electrons. The van der Waals surface area contributed by atoms with Gasteiger partial charge in [0.2, 0.25) is 11.8 Å². The Morgan fingerprint density at radius 3 is 2.73 bits per heavy atom. The van der Waals surface area contributed by atoms with E-state index in [0.29, 0.717) is 6.61 Å². The lowest BCUT2D eigenvalue weighted by Gasteiger charge is -2.35. The monoisotopic (exact) mass is 358 g/mol. The molecule has 0 spiro atoms. The number of anilines is 1. The molecule has 2 heterocycles. The van der Waals surface area contributed by atoms with Crippen molar-refractivity contribution in [3.63, 3.8) is 0 Å². The van der Waals surface area contributed by atoms with Crippen molar-refractivity contribution < 1.29 is 14.3 Å². The topological polar surface area (TPSA) is 84.4 Å². The smallest absolute Gasteiger partial charge is 0.239 e. The first kappa shape index (κ1) is 18.4. The molecule has 0 atom stereocenters. The second-order valence-electron chi connectivity index (χ2n) is 6.81. The van der Waals surface area contributed by atoms with E-state index < -0.39 is 5.41 Å². The van der Waals surface area contributed by atoms with Gasteiger partial charge in [-0.3, -0.25) is 9.59 Å². The Kier molecular flexibility index (Phi) is 5.58. The lowest BCUT2D eigenvalue weighted by Crippen LogP contribution is -2.47. The fourth-order valence-electron chi connectivity index (χ4n) is 3.52. The lowest BCUT2D eigenvalue weighted by atomic mass is 9.78. The van der Waals surface area contributed by atoms with Crippen molar-refractivity contribution in [3.8, 4) is 0 Å². The zero-order valence-corrected chi connectivity index (χ0v) is 15.3. The van der Waals surface area contributed by atoms with Crippen LogP contribution in [-0.4, -0.2) is 50.2 Å². The number of ether oxygens (including phenoxy) is 1. The Morgan fingerprint density at radius 1 is 1.27 bits per heavy atom. The minimum Gasteiger partial charge on any atom is -0.384 e. The van der Waals surface area contributed by atoms with Crippen molar-refractivity contribution in [3.05, 3.63) is 30.5 Å². The number of rotatable bonds is 6. The summed E-state index contributed by atoms with van der Waals surface area (Å²) in [6.07, 6.45) is 3.38. The van der Waals surface area contributed by atoms with Gasteiger partial charge in [-0.25, -0.2) is 0 Å². The Labute approximate surface area is 153 Å². The summed E-state index contributed by atoms with van der Waals surface area (Å²) in [5.41, 5.74) is 1.14. The van der Waals surface area contributed by atoms with Crippen LogP contribution in [-0.2, 0) is 20.9 Å². The molecular weight excluding hydrogens is 332 g/mol. The number of amides is 2. The molecular formula is C19H26N4O3. The molecule has 1 fully saturated rings. The average molecular weight is 358 g/mol. The number of likely N-dealkylation sites (N-methyl/N-ethyl adjacent to an activating group) is 1. The normalized spacial score (nSPS) is 16.4. The van der Waals surface area contributed by atoms with Gasteiger partial charge in [0.1, 0.15) is 6.54 Å². The summed E-state index contributed by atoms with van der Waals surface area (Å²) in [6, 6.07) is 7.73. The number of piperidine rings is 1. The van der Waals surface area contributed by atoms with E-state index in [1.165, 1.54) is 0 Å². The largest absolute Gasteiger partial charge is 0.384 e. The summed E-state index contributed by atoms with van der Waals surface area (Å²) in [7, 11) is 3.25. The van der Waals surface area contributed by atoms with Crippen LogP contribution in [0.15, 0.2) is 30.5 Å². The predicted octanol–water partition coefficient (Wildman–Crippen LogP) is 1.34. The highest BCUT2D eigenvalue weighted by molar-refractivity contribution is 5.97. The van der Waals surface area contributed by atoms with Crippen LogP contribution in [0.1, 0.15) is 12.8 Å². The van der Waals surface area contributed by atoms with Crippen LogP contribution in [0.25, 0.3) is 10.9 Å². The summed E-state index contributed by atoms with van der Waals surface area (Å²) in [4.78, 5) is 24.7. The van der Waals surface area contributed by atoms with Crippen LogP contribution in [0.3, 0.4) is 0 Å². The molecule has 1 aromatic heterocycles. The van der Waals surface area contributed by atoms with E-state index in [1.807, 2.05) is 35.0 Å². The molecule has 1 aliphatic heterocycles. The maximum atomic E-state index is 13.0. The van der Waals surface area contributed by atoms with Crippen molar-refractivity contribution in [1.29, 1.82) is 0 Å². The van der Waals surface area contributed by atoms with Gasteiger partial charge in [0, 0.05) is 26.0 Å². The molecule has 7 nitrogen and oxygen atoms in total. The van der Waals surface area contributed by atoms with Gasteiger partial charge in [-0.15, -0.1) is 0 Å². The van der Waals surface area contributed by atoms with E-state index in [4.69, 9.17) is 4.74 Å². The van der Waals surface area contributed by atoms with Crippen molar-refractivity contribution in [2.45, 2.75) is 19.4 Å². The maximum Gasteiger partial charge on any atom is 0.239 e. The van der Waals surface area contributed by atoms with E-state index in [2.05, 4.69) is 16.0 Å². The first-order valence-corrected chi connectivity index (χ1v) is 8.88. The third-order valence-corrected chi connectivity index (χ3v) is 5.09. The molecule has 1 aliphatic rings. The Morgan fingerprint density at radius 2 is 2.04 bits per heavy atom. The van der Waals surface area contributed by atoms with Crippen molar-refractivity contribution in [2.75, 3.05) is 39.2 Å². The van der Waals surface area contributed by atoms with Gasteiger partial charge < -0.3 is 25.3 Å². The standard InChI is InChI=1S/C19H26N4O3/c1-20-17(24)12-23-10-5-14-3-4-15(11-16(14)23)22-18(25)19(13-26-2)6-8-21-9-7-19/h3-5,10-11,21H,6-9,12-13H2,1-2H3,(H,20,24)(H,22,25). The molecule has 0 unspecified atom stereocenters. The van der Waals surface area contributed by atoms with Crippen LogP contribution in [0.4, 0.5) is 5.69 Å². The van der Waals surface area contributed by atoms with Crippen LogP contribution in [0.2, 0.25) is 0 Å². The number of methoxy groups -OCH3 is 1. The summed E-state index contributed by atoms with van der Waals surface area (Å²) in [5.74, 6) is -0.0738. The van der Waals surface area contributed by atoms with Gasteiger partial charge in [0.15, 0.2) is 0 Å². The molecule has 0 radical (unpaired) electrons. The van der Waals surface area contributed by atoms with Gasteiger partial charge in [-0.05, 0) is 49.5 Å². The number of carbonyl (C=O) groups excluding carboxylic acids is 2. The lowest BCUT2D eigenvalue weighted by molar-refractivity contribution is -0.130. The number of nitrogens with one attached hydrogen (secondary N) is 3. The number of hydrogen-bond donors (Lipinski definition) is 3. The number of fused-ring (bicyclic) bond motifs is 1.